The van der Waals surface area contributed by atoms with Crippen molar-refractivity contribution in [1.82, 2.24) is 4.90 Å². The van der Waals surface area contributed by atoms with Gasteiger partial charge in [-0.3, -0.25) is 4.90 Å². The molecule has 2 nitrogen and oxygen atoms in total. The normalized spacial score (nSPS) is 18.9. The molecular weight excluding hydrogens is 210 g/mol. The first-order valence-corrected chi connectivity index (χ1v) is 5.61. The lowest BCUT2D eigenvalue weighted by Crippen LogP contribution is -2.31. The van der Waals surface area contributed by atoms with Crippen LogP contribution in [0.25, 0.3) is 0 Å². The lowest BCUT2D eigenvalue weighted by molar-refractivity contribution is 0.250. The summed E-state index contributed by atoms with van der Waals surface area (Å²) in [4.78, 5) is 2.23. The van der Waals surface area contributed by atoms with Crippen molar-refractivity contribution in [2.24, 2.45) is 5.73 Å². The van der Waals surface area contributed by atoms with Crippen LogP contribution in [0.1, 0.15) is 24.4 Å². The van der Waals surface area contributed by atoms with Crippen LogP contribution >= 0.6 is 0 Å². The van der Waals surface area contributed by atoms with Gasteiger partial charge in [-0.1, -0.05) is 6.07 Å². The molecule has 1 saturated heterocycles. The van der Waals surface area contributed by atoms with Crippen molar-refractivity contribution in [2.75, 3.05) is 19.6 Å². The van der Waals surface area contributed by atoms with Crippen LogP contribution in [0.3, 0.4) is 0 Å². The summed E-state index contributed by atoms with van der Waals surface area (Å²) < 4.78 is 26.0. The lowest BCUT2D eigenvalue weighted by atomic mass is 10.1. The molecule has 88 valence electrons. The van der Waals surface area contributed by atoms with Gasteiger partial charge in [0, 0.05) is 12.6 Å². The van der Waals surface area contributed by atoms with Gasteiger partial charge >= 0.3 is 0 Å². The highest BCUT2D eigenvalue weighted by Gasteiger charge is 2.22. The maximum atomic E-state index is 13.1. The van der Waals surface area contributed by atoms with Gasteiger partial charge in [0.1, 0.15) is 0 Å². The molecule has 0 spiro atoms. The van der Waals surface area contributed by atoms with Crippen molar-refractivity contribution in [3.05, 3.63) is 35.4 Å². The standard InChI is InChI=1S/C12H16F2N2/c13-10-4-3-9(7-11(10)14)12(8-15)16-5-1-2-6-16/h3-4,7,12H,1-2,5-6,8,15H2/t12-/m1/s1. The molecule has 2 rings (SSSR count). The molecule has 1 aromatic carbocycles. The summed E-state index contributed by atoms with van der Waals surface area (Å²) in [6.45, 7) is 2.41. The molecule has 1 atom stereocenters. The molecule has 1 aliphatic rings. The Labute approximate surface area is 94.0 Å². The predicted molar refractivity (Wildman–Crippen MR) is 59.0 cm³/mol. The van der Waals surface area contributed by atoms with Crippen LogP contribution in [0.5, 0.6) is 0 Å². The van der Waals surface area contributed by atoms with E-state index in [4.69, 9.17) is 5.73 Å². The molecule has 1 aromatic rings. The van der Waals surface area contributed by atoms with E-state index in [2.05, 4.69) is 4.90 Å². The van der Waals surface area contributed by atoms with Crippen molar-refractivity contribution in [3.8, 4) is 0 Å². The maximum absolute atomic E-state index is 13.1. The van der Waals surface area contributed by atoms with Crippen LogP contribution in [-0.2, 0) is 0 Å². The Kier molecular flexibility index (Phi) is 3.51. The Hall–Kier alpha value is -1.00. The van der Waals surface area contributed by atoms with Crippen molar-refractivity contribution >= 4 is 0 Å². The Morgan fingerprint density at radius 2 is 1.88 bits per heavy atom. The van der Waals surface area contributed by atoms with Gasteiger partial charge in [0.2, 0.25) is 0 Å². The molecular formula is C12H16F2N2. The number of hydrogen-bond donors (Lipinski definition) is 1. The summed E-state index contributed by atoms with van der Waals surface area (Å²) >= 11 is 0. The Balaban J connectivity index is 2.22. The smallest absolute Gasteiger partial charge is 0.159 e. The van der Waals surface area contributed by atoms with E-state index < -0.39 is 11.6 Å². The summed E-state index contributed by atoms with van der Waals surface area (Å²) in [6.07, 6.45) is 2.31. The molecule has 16 heavy (non-hydrogen) atoms. The van der Waals surface area contributed by atoms with Crippen molar-refractivity contribution in [2.45, 2.75) is 18.9 Å². The minimum absolute atomic E-state index is 0.0117. The number of benzene rings is 1. The zero-order valence-electron chi connectivity index (χ0n) is 9.13. The van der Waals surface area contributed by atoms with Gasteiger partial charge in [0.15, 0.2) is 11.6 Å². The van der Waals surface area contributed by atoms with Gasteiger partial charge in [-0.25, -0.2) is 8.78 Å². The minimum Gasteiger partial charge on any atom is -0.329 e. The molecule has 0 radical (unpaired) electrons. The highest BCUT2D eigenvalue weighted by Crippen LogP contribution is 2.25. The third kappa shape index (κ3) is 2.23. The van der Waals surface area contributed by atoms with E-state index in [1.54, 1.807) is 6.07 Å². The van der Waals surface area contributed by atoms with Crippen LogP contribution in [0.4, 0.5) is 8.78 Å². The molecule has 4 heteroatoms. The number of nitrogens with zero attached hydrogens (tertiary/aromatic N) is 1. The second-order valence-electron chi connectivity index (χ2n) is 4.17. The van der Waals surface area contributed by atoms with Crippen LogP contribution < -0.4 is 5.73 Å². The van der Waals surface area contributed by atoms with Crippen molar-refractivity contribution in [3.63, 3.8) is 0 Å². The third-order valence-corrected chi connectivity index (χ3v) is 3.13. The van der Waals surface area contributed by atoms with Gasteiger partial charge < -0.3 is 5.73 Å². The summed E-state index contributed by atoms with van der Waals surface area (Å²) in [6, 6.07) is 4.06. The summed E-state index contributed by atoms with van der Waals surface area (Å²) in [7, 11) is 0. The van der Waals surface area contributed by atoms with Crippen LogP contribution in [0.15, 0.2) is 18.2 Å². The zero-order valence-corrected chi connectivity index (χ0v) is 9.13. The predicted octanol–water partition coefficient (Wildman–Crippen LogP) is 2.06. The van der Waals surface area contributed by atoms with Gasteiger partial charge in [-0.15, -0.1) is 0 Å². The first-order chi connectivity index (χ1) is 7.72. The quantitative estimate of drug-likeness (QED) is 0.854. The van der Waals surface area contributed by atoms with Gasteiger partial charge in [-0.2, -0.15) is 0 Å². The van der Waals surface area contributed by atoms with Crippen molar-refractivity contribution < 1.29 is 8.78 Å². The zero-order chi connectivity index (χ0) is 11.5. The van der Waals surface area contributed by atoms with E-state index in [9.17, 15) is 8.78 Å². The minimum atomic E-state index is -0.805. The number of rotatable bonds is 3. The topological polar surface area (TPSA) is 29.3 Å². The van der Waals surface area contributed by atoms with E-state index in [0.717, 1.165) is 31.5 Å². The number of likely N-dealkylation sites (tertiary alicyclic amines) is 1. The number of hydrogen-bond acceptors (Lipinski definition) is 2. The van der Waals surface area contributed by atoms with Gasteiger partial charge in [0.05, 0.1) is 0 Å². The first kappa shape index (κ1) is 11.5. The molecule has 1 fully saturated rings. The van der Waals surface area contributed by atoms with E-state index in [1.165, 1.54) is 12.1 Å². The van der Waals surface area contributed by atoms with Gasteiger partial charge in [-0.05, 0) is 43.6 Å². The fourth-order valence-corrected chi connectivity index (χ4v) is 2.27. The fourth-order valence-electron chi connectivity index (χ4n) is 2.27. The molecule has 0 bridgehead atoms. The molecule has 0 aromatic heterocycles. The van der Waals surface area contributed by atoms with E-state index in [0.29, 0.717) is 6.54 Å². The molecule has 1 aliphatic heterocycles. The summed E-state index contributed by atoms with van der Waals surface area (Å²) in [5.74, 6) is -1.60. The third-order valence-electron chi connectivity index (χ3n) is 3.13. The molecule has 0 aliphatic carbocycles. The van der Waals surface area contributed by atoms with E-state index in [1.807, 2.05) is 0 Å². The maximum Gasteiger partial charge on any atom is 0.159 e. The molecule has 2 N–H and O–H groups in total. The second kappa shape index (κ2) is 4.89. The molecule has 1 heterocycles. The van der Waals surface area contributed by atoms with Gasteiger partial charge in [0.25, 0.3) is 0 Å². The van der Waals surface area contributed by atoms with E-state index >= 15 is 0 Å². The first-order valence-electron chi connectivity index (χ1n) is 5.61. The SMILES string of the molecule is NC[C@H](c1ccc(F)c(F)c1)N1CCCC1. The Morgan fingerprint density at radius 1 is 1.19 bits per heavy atom. The average molecular weight is 226 g/mol. The van der Waals surface area contributed by atoms with Crippen molar-refractivity contribution in [1.29, 1.82) is 0 Å². The number of nitrogens with two attached hydrogens (primary N) is 1. The monoisotopic (exact) mass is 226 g/mol. The van der Waals surface area contributed by atoms with Crippen LogP contribution in [-0.4, -0.2) is 24.5 Å². The molecule has 0 unspecified atom stereocenters. The average Bonchev–Trinajstić information content (AvgIpc) is 2.78. The Morgan fingerprint density at radius 3 is 2.44 bits per heavy atom. The Bertz CT molecular complexity index is 362. The summed E-state index contributed by atoms with van der Waals surface area (Å²) in [5.41, 5.74) is 6.48. The van der Waals surface area contributed by atoms with Crippen LogP contribution in [0, 0.1) is 11.6 Å². The second-order valence-corrected chi connectivity index (χ2v) is 4.17. The lowest BCUT2D eigenvalue weighted by Gasteiger charge is -2.26. The molecule has 0 saturated carbocycles. The molecule has 0 amide bonds. The van der Waals surface area contributed by atoms with Crippen LogP contribution in [0.2, 0.25) is 0 Å². The summed E-state index contributed by atoms with van der Waals surface area (Å²) in [5, 5.41) is 0. The van der Waals surface area contributed by atoms with E-state index in [-0.39, 0.29) is 6.04 Å². The largest absolute Gasteiger partial charge is 0.329 e. The fraction of sp³-hybridized carbons (Fsp3) is 0.500. The highest BCUT2D eigenvalue weighted by molar-refractivity contribution is 5.22. The highest BCUT2D eigenvalue weighted by atomic mass is 19.2. The number of halogens is 2.